The number of hydrogen-bond acceptors (Lipinski definition) is 5. The molecule has 0 radical (unpaired) electrons. The van der Waals surface area contributed by atoms with Crippen LogP contribution < -0.4 is 16.0 Å². The second-order valence-electron chi connectivity index (χ2n) is 8.95. The Morgan fingerprint density at radius 2 is 1.66 bits per heavy atom. The second-order valence-corrected chi connectivity index (χ2v) is 8.95. The van der Waals surface area contributed by atoms with E-state index in [1.807, 2.05) is 63.8 Å². The number of morpholine rings is 1. The highest BCUT2D eigenvalue weighted by atomic mass is 16.6. The highest BCUT2D eigenvalue weighted by Crippen LogP contribution is 2.15. The number of hydrogen-bond donors (Lipinski definition) is 3. The molecule has 32 heavy (non-hydrogen) atoms. The SMILES string of the molecule is CN=C(NCCNC(=O)OC(C)(C)C)NCc1ccc(C(=O)N2CC(C)OC(C)C2)cc1. The quantitative estimate of drug-likeness (QED) is 0.351. The average Bonchev–Trinajstić information content (AvgIpc) is 2.71. The summed E-state index contributed by atoms with van der Waals surface area (Å²) in [5, 5.41) is 9.04. The number of aliphatic imine (C=N–C) groups is 1. The zero-order valence-corrected chi connectivity index (χ0v) is 20.0. The maximum Gasteiger partial charge on any atom is 0.407 e. The van der Waals surface area contributed by atoms with E-state index in [1.54, 1.807) is 7.05 Å². The summed E-state index contributed by atoms with van der Waals surface area (Å²) in [5.74, 6) is 0.647. The third kappa shape index (κ3) is 8.74. The van der Waals surface area contributed by atoms with Gasteiger partial charge in [0.15, 0.2) is 5.96 Å². The Kier molecular flexibility index (Phi) is 9.31. The lowest BCUT2D eigenvalue weighted by molar-refractivity contribution is -0.0586. The molecule has 0 saturated carbocycles. The maximum atomic E-state index is 12.8. The van der Waals surface area contributed by atoms with Crippen LogP contribution in [0.3, 0.4) is 0 Å². The molecule has 3 N–H and O–H groups in total. The fraction of sp³-hybridized carbons (Fsp3) is 0.609. The highest BCUT2D eigenvalue weighted by Gasteiger charge is 2.26. The van der Waals surface area contributed by atoms with Crippen LogP contribution in [0.4, 0.5) is 4.79 Å². The molecule has 1 aliphatic rings. The number of amides is 2. The number of carbonyl (C=O) groups excluding carboxylic acids is 2. The predicted octanol–water partition coefficient (Wildman–Crippen LogP) is 2.13. The Bertz CT molecular complexity index is 779. The smallest absolute Gasteiger partial charge is 0.407 e. The Balaban J connectivity index is 1.75. The lowest BCUT2D eigenvalue weighted by atomic mass is 10.1. The number of carbonyl (C=O) groups is 2. The van der Waals surface area contributed by atoms with Crippen LogP contribution in [0.1, 0.15) is 50.5 Å². The number of guanidine groups is 1. The van der Waals surface area contributed by atoms with Crippen molar-refractivity contribution >= 4 is 18.0 Å². The predicted molar refractivity (Wildman–Crippen MR) is 125 cm³/mol. The normalized spacial score (nSPS) is 19.3. The number of nitrogens with one attached hydrogen (secondary N) is 3. The lowest BCUT2D eigenvalue weighted by Gasteiger charge is -2.35. The van der Waals surface area contributed by atoms with Crippen molar-refractivity contribution in [1.29, 1.82) is 0 Å². The summed E-state index contributed by atoms with van der Waals surface area (Å²) in [4.78, 5) is 30.5. The molecule has 9 nitrogen and oxygen atoms in total. The van der Waals surface area contributed by atoms with Gasteiger partial charge in [-0.25, -0.2) is 4.79 Å². The number of benzene rings is 1. The van der Waals surface area contributed by atoms with Gasteiger partial charge in [0.1, 0.15) is 5.60 Å². The largest absolute Gasteiger partial charge is 0.444 e. The van der Waals surface area contributed by atoms with Crippen molar-refractivity contribution < 1.29 is 19.1 Å². The molecule has 0 aromatic heterocycles. The van der Waals surface area contributed by atoms with Crippen molar-refractivity contribution in [2.24, 2.45) is 4.99 Å². The van der Waals surface area contributed by atoms with Crippen LogP contribution in [0.15, 0.2) is 29.3 Å². The molecular formula is C23H37N5O4. The zero-order chi connectivity index (χ0) is 23.7. The topological polar surface area (TPSA) is 104 Å². The van der Waals surface area contributed by atoms with Crippen LogP contribution in [-0.4, -0.2) is 73.9 Å². The van der Waals surface area contributed by atoms with Crippen LogP contribution in [0.5, 0.6) is 0 Å². The Morgan fingerprint density at radius 1 is 1.06 bits per heavy atom. The van der Waals surface area contributed by atoms with Gasteiger partial charge in [-0.05, 0) is 52.3 Å². The molecule has 178 valence electrons. The van der Waals surface area contributed by atoms with Crippen LogP contribution in [0.2, 0.25) is 0 Å². The summed E-state index contributed by atoms with van der Waals surface area (Å²) in [6.45, 7) is 12.1. The van der Waals surface area contributed by atoms with E-state index in [0.29, 0.717) is 44.2 Å². The van der Waals surface area contributed by atoms with Gasteiger partial charge >= 0.3 is 6.09 Å². The van der Waals surface area contributed by atoms with Crippen molar-refractivity contribution in [2.75, 3.05) is 33.2 Å². The maximum absolute atomic E-state index is 12.8. The van der Waals surface area contributed by atoms with Gasteiger partial charge in [-0.15, -0.1) is 0 Å². The Hall–Kier alpha value is -2.81. The van der Waals surface area contributed by atoms with Crippen LogP contribution in [0, 0.1) is 0 Å². The highest BCUT2D eigenvalue weighted by molar-refractivity contribution is 5.94. The fourth-order valence-corrected chi connectivity index (χ4v) is 3.36. The fourth-order valence-electron chi connectivity index (χ4n) is 3.36. The molecule has 1 aromatic rings. The zero-order valence-electron chi connectivity index (χ0n) is 20.0. The molecule has 0 aliphatic carbocycles. The van der Waals surface area contributed by atoms with Gasteiger partial charge in [-0.1, -0.05) is 12.1 Å². The van der Waals surface area contributed by atoms with Crippen molar-refractivity contribution in [3.63, 3.8) is 0 Å². The molecule has 1 aromatic carbocycles. The van der Waals surface area contributed by atoms with E-state index in [-0.39, 0.29) is 18.1 Å². The number of ether oxygens (including phenoxy) is 2. The van der Waals surface area contributed by atoms with E-state index in [4.69, 9.17) is 9.47 Å². The molecule has 1 heterocycles. The van der Waals surface area contributed by atoms with Gasteiger partial charge in [0.05, 0.1) is 12.2 Å². The first-order chi connectivity index (χ1) is 15.1. The molecule has 2 unspecified atom stereocenters. The molecule has 0 spiro atoms. The molecule has 0 bridgehead atoms. The summed E-state index contributed by atoms with van der Waals surface area (Å²) < 4.78 is 10.9. The summed E-state index contributed by atoms with van der Waals surface area (Å²) in [6, 6.07) is 7.58. The van der Waals surface area contributed by atoms with Gasteiger partial charge in [-0.3, -0.25) is 9.79 Å². The van der Waals surface area contributed by atoms with E-state index in [0.717, 1.165) is 5.56 Å². The first-order valence-corrected chi connectivity index (χ1v) is 11.0. The van der Waals surface area contributed by atoms with Gasteiger partial charge in [0.2, 0.25) is 0 Å². The first-order valence-electron chi connectivity index (χ1n) is 11.0. The standard InChI is InChI=1S/C23H37N5O4/c1-16-14-28(15-17(2)31-16)20(29)19-9-7-18(8-10-19)13-27-21(24-6)25-11-12-26-22(30)32-23(3,4)5/h7-10,16-17H,11-15H2,1-6H3,(H,26,30)(H2,24,25,27). The third-order valence-electron chi connectivity index (χ3n) is 4.68. The van der Waals surface area contributed by atoms with Gasteiger partial charge < -0.3 is 30.3 Å². The average molecular weight is 448 g/mol. The summed E-state index contributed by atoms with van der Waals surface area (Å²) >= 11 is 0. The van der Waals surface area contributed by atoms with E-state index >= 15 is 0 Å². The lowest BCUT2D eigenvalue weighted by Crippen LogP contribution is -2.48. The van der Waals surface area contributed by atoms with Crippen molar-refractivity contribution in [3.8, 4) is 0 Å². The molecule has 9 heteroatoms. The Morgan fingerprint density at radius 3 is 2.22 bits per heavy atom. The summed E-state index contributed by atoms with van der Waals surface area (Å²) in [6.07, 6.45) is -0.354. The molecule has 2 atom stereocenters. The van der Waals surface area contributed by atoms with Gasteiger partial charge in [-0.2, -0.15) is 0 Å². The third-order valence-corrected chi connectivity index (χ3v) is 4.68. The van der Waals surface area contributed by atoms with Crippen LogP contribution >= 0.6 is 0 Å². The first kappa shape index (κ1) is 25.5. The van der Waals surface area contributed by atoms with Crippen LogP contribution in [0.25, 0.3) is 0 Å². The Labute approximate surface area is 190 Å². The molecule has 1 fully saturated rings. The van der Waals surface area contributed by atoms with Gasteiger partial charge in [0, 0.05) is 45.3 Å². The number of rotatable bonds is 6. The summed E-state index contributed by atoms with van der Waals surface area (Å²) in [5.41, 5.74) is 1.18. The molecule has 1 aliphatic heterocycles. The summed E-state index contributed by atoms with van der Waals surface area (Å²) in [7, 11) is 1.68. The van der Waals surface area contributed by atoms with E-state index in [2.05, 4.69) is 20.9 Å². The van der Waals surface area contributed by atoms with E-state index in [1.165, 1.54) is 0 Å². The number of alkyl carbamates (subject to hydrolysis) is 1. The minimum atomic E-state index is -0.520. The number of nitrogens with zero attached hydrogens (tertiary/aromatic N) is 2. The van der Waals surface area contributed by atoms with Crippen molar-refractivity contribution in [1.82, 2.24) is 20.9 Å². The minimum Gasteiger partial charge on any atom is -0.444 e. The van der Waals surface area contributed by atoms with E-state index < -0.39 is 11.7 Å². The van der Waals surface area contributed by atoms with Crippen molar-refractivity contribution in [3.05, 3.63) is 35.4 Å². The van der Waals surface area contributed by atoms with E-state index in [9.17, 15) is 9.59 Å². The molecule has 2 rings (SSSR count). The van der Waals surface area contributed by atoms with Crippen molar-refractivity contribution in [2.45, 2.75) is 59.0 Å². The molecular weight excluding hydrogens is 410 g/mol. The monoisotopic (exact) mass is 447 g/mol. The van der Waals surface area contributed by atoms with Crippen LogP contribution in [-0.2, 0) is 16.0 Å². The minimum absolute atomic E-state index is 0.0291. The van der Waals surface area contributed by atoms with Gasteiger partial charge in [0.25, 0.3) is 5.91 Å². The molecule has 1 saturated heterocycles. The second kappa shape index (κ2) is 11.7. The molecule has 2 amide bonds.